The number of amides is 1. The standard InChI is InChI=1S/C17H25N3O/c1-3-12-7-5-4-6-10-20(12)13-8-9-14-15(11-13)19(2)17(21)16(14)18/h8-9,11-12,16H,3-7,10,18H2,1-2H3. The van der Waals surface area contributed by atoms with Crippen molar-refractivity contribution >= 4 is 17.3 Å². The summed E-state index contributed by atoms with van der Waals surface area (Å²) in [6, 6.07) is 6.44. The average Bonchev–Trinajstić information content (AvgIpc) is 2.70. The number of likely N-dealkylation sites (N-methyl/N-ethyl adjacent to an activating group) is 1. The van der Waals surface area contributed by atoms with Crippen LogP contribution >= 0.6 is 0 Å². The van der Waals surface area contributed by atoms with Crippen molar-refractivity contribution in [1.29, 1.82) is 0 Å². The molecule has 1 saturated heterocycles. The van der Waals surface area contributed by atoms with Gasteiger partial charge >= 0.3 is 0 Å². The molecule has 21 heavy (non-hydrogen) atoms. The molecule has 0 saturated carbocycles. The van der Waals surface area contributed by atoms with E-state index in [9.17, 15) is 4.79 Å². The Morgan fingerprint density at radius 1 is 1.29 bits per heavy atom. The van der Waals surface area contributed by atoms with Gasteiger partial charge in [0.05, 0.1) is 5.69 Å². The Morgan fingerprint density at radius 2 is 2.10 bits per heavy atom. The highest BCUT2D eigenvalue weighted by Crippen LogP contribution is 2.37. The summed E-state index contributed by atoms with van der Waals surface area (Å²) in [5.74, 6) is -0.00921. The molecule has 0 radical (unpaired) electrons. The minimum Gasteiger partial charge on any atom is -0.369 e. The number of benzene rings is 1. The predicted octanol–water partition coefficient (Wildman–Crippen LogP) is 2.82. The fourth-order valence-electron chi connectivity index (χ4n) is 3.67. The molecule has 0 aliphatic carbocycles. The third-order valence-corrected chi connectivity index (χ3v) is 4.99. The highest BCUT2D eigenvalue weighted by molar-refractivity contribution is 6.04. The van der Waals surface area contributed by atoms with Crippen molar-refractivity contribution in [2.24, 2.45) is 5.73 Å². The molecule has 0 bridgehead atoms. The van der Waals surface area contributed by atoms with Crippen LogP contribution in [-0.4, -0.2) is 25.5 Å². The molecule has 2 heterocycles. The molecule has 2 atom stereocenters. The number of carbonyl (C=O) groups excluding carboxylic acids is 1. The number of carbonyl (C=O) groups is 1. The lowest BCUT2D eigenvalue weighted by Gasteiger charge is -2.32. The Bertz CT molecular complexity index is 543. The van der Waals surface area contributed by atoms with Gasteiger partial charge in [-0.05, 0) is 31.4 Å². The van der Waals surface area contributed by atoms with Crippen LogP contribution in [0.3, 0.4) is 0 Å². The van der Waals surface area contributed by atoms with Gasteiger partial charge in [0.1, 0.15) is 6.04 Å². The number of rotatable bonds is 2. The van der Waals surface area contributed by atoms with E-state index in [0.29, 0.717) is 6.04 Å². The molecule has 114 valence electrons. The van der Waals surface area contributed by atoms with E-state index in [-0.39, 0.29) is 5.91 Å². The molecule has 0 spiro atoms. The lowest BCUT2D eigenvalue weighted by molar-refractivity contribution is -0.118. The van der Waals surface area contributed by atoms with Gasteiger partial charge < -0.3 is 15.5 Å². The molecular formula is C17H25N3O. The quantitative estimate of drug-likeness (QED) is 0.910. The van der Waals surface area contributed by atoms with E-state index < -0.39 is 6.04 Å². The molecule has 2 unspecified atom stereocenters. The summed E-state index contributed by atoms with van der Waals surface area (Å²) in [6.07, 6.45) is 6.33. The average molecular weight is 287 g/mol. The highest BCUT2D eigenvalue weighted by Gasteiger charge is 2.33. The Hall–Kier alpha value is -1.55. The van der Waals surface area contributed by atoms with Crippen LogP contribution in [0.2, 0.25) is 0 Å². The van der Waals surface area contributed by atoms with E-state index in [0.717, 1.165) is 17.8 Å². The van der Waals surface area contributed by atoms with E-state index in [1.165, 1.54) is 37.8 Å². The van der Waals surface area contributed by atoms with Crippen molar-refractivity contribution in [3.05, 3.63) is 23.8 Å². The van der Waals surface area contributed by atoms with Gasteiger partial charge in [-0.25, -0.2) is 0 Å². The Morgan fingerprint density at radius 3 is 2.86 bits per heavy atom. The molecular weight excluding hydrogens is 262 g/mol. The molecule has 1 aromatic rings. The second kappa shape index (κ2) is 5.68. The van der Waals surface area contributed by atoms with Gasteiger partial charge in [-0.2, -0.15) is 0 Å². The second-order valence-corrected chi connectivity index (χ2v) is 6.22. The molecule has 2 N–H and O–H groups in total. The smallest absolute Gasteiger partial charge is 0.248 e. The summed E-state index contributed by atoms with van der Waals surface area (Å²) in [4.78, 5) is 16.2. The van der Waals surface area contributed by atoms with Gasteiger partial charge in [0.25, 0.3) is 0 Å². The second-order valence-electron chi connectivity index (χ2n) is 6.22. The summed E-state index contributed by atoms with van der Waals surface area (Å²) >= 11 is 0. The Balaban J connectivity index is 1.95. The first-order chi connectivity index (χ1) is 10.1. The normalized spacial score (nSPS) is 26.0. The van der Waals surface area contributed by atoms with Gasteiger partial charge in [0.15, 0.2) is 0 Å². The zero-order chi connectivity index (χ0) is 15.0. The lowest BCUT2D eigenvalue weighted by atomic mass is 10.0. The first-order valence-corrected chi connectivity index (χ1v) is 8.07. The third kappa shape index (κ3) is 2.42. The summed E-state index contributed by atoms with van der Waals surface area (Å²) in [5, 5.41) is 0. The molecule has 3 rings (SSSR count). The van der Waals surface area contributed by atoms with Crippen LogP contribution in [0, 0.1) is 0 Å². The number of hydrogen-bond donors (Lipinski definition) is 1. The lowest BCUT2D eigenvalue weighted by Crippen LogP contribution is -2.34. The van der Waals surface area contributed by atoms with Crippen LogP contribution in [0.1, 0.15) is 50.6 Å². The molecule has 0 aromatic heterocycles. The number of nitrogens with two attached hydrogens (primary N) is 1. The molecule has 2 aliphatic heterocycles. The van der Waals surface area contributed by atoms with Gasteiger partial charge in [-0.1, -0.05) is 25.8 Å². The van der Waals surface area contributed by atoms with Crippen LogP contribution in [0.4, 0.5) is 11.4 Å². The number of fused-ring (bicyclic) bond motifs is 1. The molecule has 4 heteroatoms. The predicted molar refractivity (Wildman–Crippen MR) is 86.7 cm³/mol. The SMILES string of the molecule is CCC1CCCCCN1c1ccc2c(c1)N(C)C(=O)C2N. The van der Waals surface area contributed by atoms with Crippen LogP contribution < -0.4 is 15.5 Å². The van der Waals surface area contributed by atoms with E-state index in [1.54, 1.807) is 4.90 Å². The molecule has 4 nitrogen and oxygen atoms in total. The highest BCUT2D eigenvalue weighted by atomic mass is 16.2. The van der Waals surface area contributed by atoms with Crippen LogP contribution in [0.5, 0.6) is 0 Å². The number of anilines is 2. The molecule has 1 aromatic carbocycles. The largest absolute Gasteiger partial charge is 0.369 e. The summed E-state index contributed by atoms with van der Waals surface area (Å²) in [6.45, 7) is 3.38. The fourth-order valence-corrected chi connectivity index (χ4v) is 3.67. The topological polar surface area (TPSA) is 49.6 Å². The van der Waals surface area contributed by atoms with Gasteiger partial charge in [0.2, 0.25) is 5.91 Å². The molecule has 2 aliphatic rings. The monoisotopic (exact) mass is 287 g/mol. The molecule has 1 fully saturated rings. The van der Waals surface area contributed by atoms with E-state index >= 15 is 0 Å². The van der Waals surface area contributed by atoms with Crippen LogP contribution in [-0.2, 0) is 4.79 Å². The van der Waals surface area contributed by atoms with Crippen molar-refractivity contribution in [2.45, 2.75) is 51.1 Å². The third-order valence-electron chi connectivity index (χ3n) is 4.99. The van der Waals surface area contributed by atoms with Gasteiger partial charge in [-0.3, -0.25) is 4.79 Å². The zero-order valence-corrected chi connectivity index (χ0v) is 13.0. The van der Waals surface area contributed by atoms with E-state index in [4.69, 9.17) is 5.73 Å². The Kier molecular flexibility index (Phi) is 3.89. The van der Waals surface area contributed by atoms with Crippen molar-refractivity contribution in [3.63, 3.8) is 0 Å². The maximum atomic E-state index is 12.0. The van der Waals surface area contributed by atoms with Crippen molar-refractivity contribution < 1.29 is 4.79 Å². The van der Waals surface area contributed by atoms with Gasteiger partial charge in [-0.15, -0.1) is 0 Å². The van der Waals surface area contributed by atoms with Gasteiger partial charge in [0, 0.05) is 30.9 Å². The fraction of sp³-hybridized carbons (Fsp3) is 0.588. The minimum absolute atomic E-state index is 0.00921. The van der Waals surface area contributed by atoms with Crippen LogP contribution in [0.15, 0.2) is 18.2 Å². The van der Waals surface area contributed by atoms with Crippen molar-refractivity contribution in [2.75, 3.05) is 23.4 Å². The summed E-state index contributed by atoms with van der Waals surface area (Å²) in [5.41, 5.74) is 9.14. The first kappa shape index (κ1) is 14.4. The Labute approximate surface area is 126 Å². The van der Waals surface area contributed by atoms with E-state index in [2.05, 4.69) is 24.0 Å². The molecule has 1 amide bonds. The number of nitrogens with zero attached hydrogens (tertiary/aromatic N) is 2. The summed E-state index contributed by atoms with van der Waals surface area (Å²) in [7, 11) is 1.82. The number of hydrogen-bond acceptors (Lipinski definition) is 3. The first-order valence-electron chi connectivity index (χ1n) is 8.07. The maximum absolute atomic E-state index is 12.0. The maximum Gasteiger partial charge on any atom is 0.248 e. The summed E-state index contributed by atoms with van der Waals surface area (Å²) < 4.78 is 0. The van der Waals surface area contributed by atoms with E-state index in [1.807, 2.05) is 13.1 Å². The van der Waals surface area contributed by atoms with Crippen molar-refractivity contribution in [1.82, 2.24) is 0 Å². The van der Waals surface area contributed by atoms with Crippen LogP contribution in [0.25, 0.3) is 0 Å². The minimum atomic E-state index is -0.495. The van der Waals surface area contributed by atoms with Crippen molar-refractivity contribution in [3.8, 4) is 0 Å². The zero-order valence-electron chi connectivity index (χ0n) is 13.0.